The molecule has 3 aromatic heterocycles. The van der Waals surface area contributed by atoms with Crippen molar-refractivity contribution >= 4 is 0 Å². The van der Waals surface area contributed by atoms with Gasteiger partial charge in [0.25, 0.3) is 0 Å². The molecular weight excluding hydrogens is 340 g/mol. The molecule has 0 N–H and O–H groups in total. The minimum absolute atomic E-state index is 0.477. The van der Waals surface area contributed by atoms with Gasteiger partial charge in [-0.15, -0.1) is 10.2 Å². The topological polar surface area (TPSA) is 64.9 Å². The summed E-state index contributed by atoms with van der Waals surface area (Å²) in [7, 11) is 0. The number of aryl methyl sites for hydroxylation is 2. The van der Waals surface area contributed by atoms with Crippen LogP contribution in [0.25, 0.3) is 0 Å². The van der Waals surface area contributed by atoms with E-state index in [1.807, 2.05) is 32.3 Å². The molecule has 0 spiro atoms. The number of piperidine rings is 1. The molecule has 1 saturated heterocycles. The molecule has 144 valence electrons. The van der Waals surface area contributed by atoms with Crippen molar-refractivity contribution in [3.63, 3.8) is 0 Å². The van der Waals surface area contributed by atoms with E-state index in [0.717, 1.165) is 74.6 Å². The Kier molecular flexibility index (Phi) is 5.11. The van der Waals surface area contributed by atoms with Crippen molar-refractivity contribution in [3.05, 3.63) is 53.5 Å². The number of hydrogen-bond acceptors (Lipinski definition) is 5. The van der Waals surface area contributed by atoms with Crippen molar-refractivity contribution in [1.29, 1.82) is 0 Å². The number of likely N-dealkylation sites (tertiary alicyclic amines) is 1. The van der Waals surface area contributed by atoms with E-state index < -0.39 is 0 Å². The van der Waals surface area contributed by atoms with E-state index in [1.54, 1.807) is 0 Å². The first-order valence-electron chi connectivity index (χ1n) is 9.81. The summed E-state index contributed by atoms with van der Waals surface area (Å²) >= 11 is 0. The molecule has 1 aliphatic rings. The number of hydrogen-bond donors (Lipinski definition) is 0. The van der Waals surface area contributed by atoms with Crippen molar-refractivity contribution in [3.8, 4) is 0 Å². The summed E-state index contributed by atoms with van der Waals surface area (Å²) in [6, 6.07) is 4.12. The van der Waals surface area contributed by atoms with Crippen LogP contribution in [0.2, 0.25) is 0 Å². The normalized spacial score (nSPS) is 16.3. The van der Waals surface area contributed by atoms with Crippen LogP contribution in [0.4, 0.5) is 0 Å². The molecule has 3 aromatic rings. The van der Waals surface area contributed by atoms with Gasteiger partial charge in [0.05, 0.1) is 13.1 Å². The molecule has 4 heterocycles. The van der Waals surface area contributed by atoms with Crippen molar-refractivity contribution < 1.29 is 4.42 Å². The molecule has 7 heteroatoms. The Morgan fingerprint density at radius 3 is 2.56 bits per heavy atom. The van der Waals surface area contributed by atoms with Gasteiger partial charge < -0.3 is 13.6 Å². The first kappa shape index (κ1) is 18.0. The fourth-order valence-electron chi connectivity index (χ4n) is 3.98. The summed E-state index contributed by atoms with van der Waals surface area (Å²) in [5.41, 5.74) is 0. The molecular formula is C20H28N6O. The Hall–Kier alpha value is -2.41. The van der Waals surface area contributed by atoms with Gasteiger partial charge in [0.1, 0.15) is 23.2 Å². The molecule has 0 saturated carbocycles. The molecule has 4 rings (SSSR count). The highest BCUT2D eigenvalue weighted by molar-refractivity contribution is 5.08. The number of aromatic nitrogens is 5. The second-order valence-electron chi connectivity index (χ2n) is 7.38. The molecule has 0 unspecified atom stereocenters. The zero-order chi connectivity index (χ0) is 18.8. The predicted octanol–water partition coefficient (Wildman–Crippen LogP) is 3.13. The summed E-state index contributed by atoms with van der Waals surface area (Å²) in [5, 5.41) is 9.08. The molecule has 0 atom stereocenters. The van der Waals surface area contributed by atoms with Crippen LogP contribution >= 0.6 is 0 Å². The van der Waals surface area contributed by atoms with E-state index in [9.17, 15) is 0 Å². The standard InChI is InChI=1S/C20H28N6O/c1-4-26-19(14-25-12-9-21-16(25)3)22-23-20(26)17-7-10-24(11-8-17)13-18-6-5-15(2)27-18/h5-6,9,12,17H,4,7-8,10-11,13-14H2,1-3H3. The quantitative estimate of drug-likeness (QED) is 0.669. The summed E-state index contributed by atoms with van der Waals surface area (Å²) in [5.74, 6) is 5.67. The molecule has 0 aromatic carbocycles. The average Bonchev–Trinajstić information content (AvgIpc) is 3.37. The highest BCUT2D eigenvalue weighted by Gasteiger charge is 2.26. The first-order chi connectivity index (χ1) is 13.1. The number of imidazole rings is 1. The van der Waals surface area contributed by atoms with Gasteiger partial charge in [0.15, 0.2) is 5.82 Å². The molecule has 1 fully saturated rings. The van der Waals surface area contributed by atoms with E-state index in [1.165, 1.54) is 0 Å². The fraction of sp³-hybridized carbons (Fsp3) is 0.550. The van der Waals surface area contributed by atoms with E-state index >= 15 is 0 Å². The third kappa shape index (κ3) is 3.83. The highest BCUT2D eigenvalue weighted by atomic mass is 16.3. The van der Waals surface area contributed by atoms with Gasteiger partial charge in [-0.3, -0.25) is 4.90 Å². The lowest BCUT2D eigenvalue weighted by Crippen LogP contribution is -2.33. The van der Waals surface area contributed by atoms with Gasteiger partial charge in [0.2, 0.25) is 0 Å². The summed E-state index contributed by atoms with van der Waals surface area (Å²) < 4.78 is 10.1. The van der Waals surface area contributed by atoms with Crippen LogP contribution in [0, 0.1) is 13.8 Å². The van der Waals surface area contributed by atoms with Gasteiger partial charge in [-0.2, -0.15) is 0 Å². The monoisotopic (exact) mass is 368 g/mol. The van der Waals surface area contributed by atoms with Crippen LogP contribution in [0.1, 0.15) is 54.7 Å². The van der Waals surface area contributed by atoms with Crippen LogP contribution in [0.15, 0.2) is 28.9 Å². The summed E-state index contributed by atoms with van der Waals surface area (Å²) in [6.45, 7) is 10.8. The van der Waals surface area contributed by atoms with Gasteiger partial charge in [-0.1, -0.05) is 0 Å². The lowest BCUT2D eigenvalue weighted by Gasteiger charge is -2.31. The summed E-state index contributed by atoms with van der Waals surface area (Å²) in [4.78, 5) is 6.77. The molecule has 7 nitrogen and oxygen atoms in total. The van der Waals surface area contributed by atoms with Gasteiger partial charge >= 0.3 is 0 Å². The molecule has 0 bridgehead atoms. The van der Waals surface area contributed by atoms with E-state index in [0.29, 0.717) is 5.92 Å². The van der Waals surface area contributed by atoms with Gasteiger partial charge in [-0.05, 0) is 58.8 Å². The SMILES string of the molecule is CCn1c(Cn2ccnc2C)nnc1C1CCN(Cc2ccc(C)o2)CC1. The van der Waals surface area contributed by atoms with E-state index in [2.05, 4.69) is 42.2 Å². The molecule has 1 aliphatic heterocycles. The van der Waals surface area contributed by atoms with E-state index in [-0.39, 0.29) is 0 Å². The Balaban J connectivity index is 1.41. The highest BCUT2D eigenvalue weighted by Crippen LogP contribution is 2.28. The van der Waals surface area contributed by atoms with Crippen LogP contribution in [0.3, 0.4) is 0 Å². The average molecular weight is 368 g/mol. The number of rotatable bonds is 6. The third-order valence-corrected chi connectivity index (χ3v) is 5.54. The molecule has 0 aliphatic carbocycles. The van der Waals surface area contributed by atoms with Gasteiger partial charge in [-0.25, -0.2) is 4.98 Å². The molecule has 0 radical (unpaired) electrons. The summed E-state index contributed by atoms with van der Waals surface area (Å²) in [6.07, 6.45) is 6.06. The van der Waals surface area contributed by atoms with Crippen LogP contribution in [0.5, 0.6) is 0 Å². The van der Waals surface area contributed by atoms with Crippen molar-refractivity contribution in [2.45, 2.75) is 59.2 Å². The second-order valence-corrected chi connectivity index (χ2v) is 7.38. The van der Waals surface area contributed by atoms with Crippen LogP contribution in [-0.4, -0.2) is 42.3 Å². The molecule has 27 heavy (non-hydrogen) atoms. The maximum Gasteiger partial charge on any atom is 0.153 e. The smallest absolute Gasteiger partial charge is 0.153 e. The largest absolute Gasteiger partial charge is 0.465 e. The minimum atomic E-state index is 0.477. The Morgan fingerprint density at radius 1 is 1.11 bits per heavy atom. The second kappa shape index (κ2) is 7.68. The first-order valence-corrected chi connectivity index (χ1v) is 9.81. The zero-order valence-electron chi connectivity index (χ0n) is 16.4. The fourth-order valence-corrected chi connectivity index (χ4v) is 3.98. The predicted molar refractivity (Wildman–Crippen MR) is 102 cm³/mol. The minimum Gasteiger partial charge on any atom is -0.465 e. The maximum atomic E-state index is 5.72. The van der Waals surface area contributed by atoms with Crippen molar-refractivity contribution in [2.75, 3.05) is 13.1 Å². The third-order valence-electron chi connectivity index (χ3n) is 5.54. The lowest BCUT2D eigenvalue weighted by molar-refractivity contribution is 0.186. The van der Waals surface area contributed by atoms with Crippen LogP contribution in [-0.2, 0) is 19.6 Å². The zero-order valence-corrected chi connectivity index (χ0v) is 16.4. The lowest BCUT2D eigenvalue weighted by atomic mass is 9.95. The number of furan rings is 1. The Labute approximate surface area is 160 Å². The van der Waals surface area contributed by atoms with Crippen molar-refractivity contribution in [1.82, 2.24) is 29.2 Å². The number of nitrogens with zero attached hydrogens (tertiary/aromatic N) is 6. The van der Waals surface area contributed by atoms with Crippen molar-refractivity contribution in [2.24, 2.45) is 0 Å². The maximum absolute atomic E-state index is 5.72. The van der Waals surface area contributed by atoms with Gasteiger partial charge in [0, 0.05) is 24.9 Å². The van der Waals surface area contributed by atoms with Crippen LogP contribution < -0.4 is 0 Å². The molecule has 0 amide bonds. The Bertz CT molecular complexity index is 884. The van der Waals surface area contributed by atoms with E-state index in [4.69, 9.17) is 4.42 Å². The Morgan fingerprint density at radius 2 is 1.93 bits per heavy atom.